The molecule has 5 heteroatoms. The number of hydrogen-bond donors (Lipinski definition) is 2. The van der Waals surface area contributed by atoms with E-state index in [1.807, 2.05) is 14.1 Å². The van der Waals surface area contributed by atoms with Gasteiger partial charge in [0.05, 0.1) is 0 Å². The summed E-state index contributed by atoms with van der Waals surface area (Å²) in [5.41, 5.74) is 5.88. The Morgan fingerprint density at radius 1 is 1.20 bits per heavy atom. The van der Waals surface area contributed by atoms with Crippen LogP contribution >= 0.6 is 0 Å². The van der Waals surface area contributed by atoms with Crippen LogP contribution in [0.3, 0.4) is 0 Å². The molecule has 15 heavy (non-hydrogen) atoms. The lowest BCUT2D eigenvalue weighted by atomic mass is 9.91. The normalized spacial score (nSPS) is 27.7. The van der Waals surface area contributed by atoms with E-state index in [9.17, 15) is 0 Å². The highest BCUT2D eigenvalue weighted by Crippen LogP contribution is 2.21. The molecule has 88 valence electrons. The van der Waals surface area contributed by atoms with Crippen LogP contribution in [-0.4, -0.2) is 49.1 Å². The van der Waals surface area contributed by atoms with Crippen molar-refractivity contribution in [3.63, 3.8) is 0 Å². The maximum atomic E-state index is 5.88. The first kappa shape index (κ1) is 12.3. The van der Waals surface area contributed by atoms with Gasteiger partial charge >= 0.3 is 0 Å². The number of nitrogens with zero attached hydrogens (tertiary/aromatic N) is 3. The summed E-state index contributed by atoms with van der Waals surface area (Å²) in [6.45, 7) is 0. The number of guanidine groups is 1. The molecule has 1 aliphatic rings. The first-order valence-electron chi connectivity index (χ1n) is 5.50. The molecule has 0 unspecified atom stereocenters. The van der Waals surface area contributed by atoms with Gasteiger partial charge in [-0.15, -0.1) is 0 Å². The molecule has 0 spiro atoms. The summed E-state index contributed by atoms with van der Waals surface area (Å²) in [6, 6.07) is 0.904. The second-order valence-electron chi connectivity index (χ2n) is 4.31. The Bertz CT molecular complexity index is 218. The summed E-state index contributed by atoms with van der Waals surface area (Å²) in [5, 5.41) is 1.56. The van der Waals surface area contributed by atoms with Gasteiger partial charge in [0, 0.05) is 33.2 Å². The fourth-order valence-electron chi connectivity index (χ4n) is 2.22. The van der Waals surface area contributed by atoms with Crippen molar-refractivity contribution >= 4 is 5.96 Å². The van der Waals surface area contributed by atoms with Crippen LogP contribution in [-0.2, 0) is 0 Å². The summed E-state index contributed by atoms with van der Waals surface area (Å²) >= 11 is 0. The van der Waals surface area contributed by atoms with Crippen molar-refractivity contribution in [3.05, 3.63) is 0 Å². The average molecular weight is 213 g/mol. The van der Waals surface area contributed by atoms with Gasteiger partial charge in [-0.2, -0.15) is 0 Å². The van der Waals surface area contributed by atoms with Gasteiger partial charge in [-0.1, -0.05) is 0 Å². The maximum absolute atomic E-state index is 5.88. The van der Waals surface area contributed by atoms with E-state index in [2.05, 4.69) is 9.89 Å². The molecule has 1 saturated carbocycles. The minimum Gasteiger partial charge on any atom is -0.342 e. The van der Waals surface area contributed by atoms with Crippen molar-refractivity contribution in [2.45, 2.75) is 37.8 Å². The van der Waals surface area contributed by atoms with Gasteiger partial charge in [-0.05, 0) is 25.7 Å². The van der Waals surface area contributed by atoms with Crippen LogP contribution < -0.4 is 11.6 Å². The van der Waals surface area contributed by atoms with Crippen LogP contribution in [0.2, 0.25) is 0 Å². The monoisotopic (exact) mass is 213 g/mol. The van der Waals surface area contributed by atoms with Gasteiger partial charge in [-0.25, -0.2) is 5.84 Å². The van der Waals surface area contributed by atoms with Crippen LogP contribution in [0.4, 0.5) is 0 Å². The molecule has 0 amide bonds. The van der Waals surface area contributed by atoms with Gasteiger partial charge in [0.15, 0.2) is 0 Å². The summed E-state index contributed by atoms with van der Waals surface area (Å²) in [7, 11) is 5.63. The van der Waals surface area contributed by atoms with Gasteiger partial charge < -0.3 is 10.6 Å². The lowest BCUT2D eigenvalue weighted by Crippen LogP contribution is -2.50. The lowest BCUT2D eigenvalue weighted by molar-refractivity contribution is 0.239. The van der Waals surface area contributed by atoms with Crippen molar-refractivity contribution in [2.24, 2.45) is 16.6 Å². The third-order valence-corrected chi connectivity index (χ3v) is 3.12. The third kappa shape index (κ3) is 3.07. The Morgan fingerprint density at radius 2 is 1.73 bits per heavy atom. The van der Waals surface area contributed by atoms with Crippen LogP contribution in [0.1, 0.15) is 25.7 Å². The number of nitrogens with two attached hydrogens (primary N) is 2. The average Bonchev–Trinajstić information content (AvgIpc) is 2.19. The van der Waals surface area contributed by atoms with Crippen molar-refractivity contribution in [2.75, 3.05) is 21.1 Å². The predicted molar refractivity (Wildman–Crippen MR) is 63.3 cm³/mol. The molecule has 1 aliphatic carbocycles. The Labute approximate surface area is 92.1 Å². The van der Waals surface area contributed by atoms with E-state index in [-0.39, 0.29) is 0 Å². The van der Waals surface area contributed by atoms with Crippen molar-refractivity contribution in [1.29, 1.82) is 0 Å². The Hall–Kier alpha value is -0.810. The summed E-state index contributed by atoms with van der Waals surface area (Å²) < 4.78 is 0. The SMILES string of the molecule is CN=C(N(C)N)N(C)C1CCC(N)CC1. The molecule has 1 fully saturated rings. The van der Waals surface area contributed by atoms with Gasteiger partial charge in [-0.3, -0.25) is 10.0 Å². The molecular formula is C10H23N5. The zero-order chi connectivity index (χ0) is 11.4. The molecule has 0 aromatic heterocycles. The summed E-state index contributed by atoms with van der Waals surface area (Å²) in [6.07, 6.45) is 4.45. The van der Waals surface area contributed by atoms with E-state index < -0.39 is 0 Å². The topological polar surface area (TPSA) is 70.9 Å². The van der Waals surface area contributed by atoms with E-state index in [0.717, 1.165) is 31.6 Å². The summed E-state index contributed by atoms with van der Waals surface area (Å²) in [4.78, 5) is 6.35. The standard InChI is InChI=1S/C10H23N5/c1-13-10(15(3)12)14(2)9-6-4-8(11)5-7-9/h8-9H,4-7,11-12H2,1-3H3. The third-order valence-electron chi connectivity index (χ3n) is 3.12. The van der Waals surface area contributed by atoms with Crippen molar-refractivity contribution in [3.8, 4) is 0 Å². The Morgan fingerprint density at radius 3 is 2.13 bits per heavy atom. The predicted octanol–water partition coefficient (Wildman–Crippen LogP) is -0.0206. The molecule has 1 rings (SSSR count). The highest BCUT2D eigenvalue weighted by atomic mass is 15.5. The molecule has 0 aromatic carbocycles. The molecule has 4 N–H and O–H groups in total. The van der Waals surface area contributed by atoms with Gasteiger partial charge in [0.2, 0.25) is 5.96 Å². The van der Waals surface area contributed by atoms with E-state index in [0.29, 0.717) is 12.1 Å². The highest BCUT2D eigenvalue weighted by Gasteiger charge is 2.24. The Kier molecular flexibility index (Phi) is 4.35. The van der Waals surface area contributed by atoms with Crippen LogP contribution in [0.5, 0.6) is 0 Å². The molecule has 0 bridgehead atoms. The molecule has 0 saturated heterocycles. The molecule has 0 atom stereocenters. The fourth-order valence-corrected chi connectivity index (χ4v) is 2.22. The number of hydrogen-bond acceptors (Lipinski definition) is 3. The van der Waals surface area contributed by atoms with Crippen LogP contribution in [0.15, 0.2) is 4.99 Å². The van der Waals surface area contributed by atoms with Crippen LogP contribution in [0.25, 0.3) is 0 Å². The maximum Gasteiger partial charge on any atom is 0.210 e. The molecule has 5 nitrogen and oxygen atoms in total. The molecule has 0 heterocycles. The molecule has 0 radical (unpaired) electrons. The largest absolute Gasteiger partial charge is 0.342 e. The number of hydrazine groups is 1. The molecular weight excluding hydrogens is 190 g/mol. The van der Waals surface area contributed by atoms with E-state index in [1.165, 1.54) is 0 Å². The van der Waals surface area contributed by atoms with E-state index >= 15 is 0 Å². The first-order chi connectivity index (χ1) is 7.06. The van der Waals surface area contributed by atoms with Gasteiger partial charge in [0.1, 0.15) is 0 Å². The molecule has 0 aromatic rings. The van der Waals surface area contributed by atoms with Gasteiger partial charge in [0.25, 0.3) is 0 Å². The second-order valence-corrected chi connectivity index (χ2v) is 4.31. The number of aliphatic imine (C=N–C) groups is 1. The smallest absolute Gasteiger partial charge is 0.210 e. The highest BCUT2D eigenvalue weighted by molar-refractivity contribution is 5.79. The first-order valence-corrected chi connectivity index (χ1v) is 5.50. The van der Waals surface area contributed by atoms with E-state index in [4.69, 9.17) is 11.6 Å². The Balaban J connectivity index is 2.56. The minimum absolute atomic E-state index is 0.382. The molecule has 0 aliphatic heterocycles. The van der Waals surface area contributed by atoms with Crippen LogP contribution in [0, 0.1) is 0 Å². The zero-order valence-electron chi connectivity index (χ0n) is 9.98. The zero-order valence-corrected chi connectivity index (χ0v) is 9.98. The van der Waals surface area contributed by atoms with Crippen molar-refractivity contribution in [1.82, 2.24) is 9.91 Å². The quantitative estimate of drug-likeness (QED) is 0.278. The minimum atomic E-state index is 0.382. The number of rotatable bonds is 1. The lowest BCUT2D eigenvalue weighted by Gasteiger charge is -2.36. The van der Waals surface area contributed by atoms with E-state index in [1.54, 1.807) is 12.1 Å². The second kappa shape index (κ2) is 5.32. The fraction of sp³-hybridized carbons (Fsp3) is 0.900. The summed E-state index contributed by atoms with van der Waals surface area (Å²) in [5.74, 6) is 6.55. The van der Waals surface area contributed by atoms with Crippen molar-refractivity contribution < 1.29 is 0 Å².